The highest BCUT2D eigenvalue weighted by Crippen LogP contribution is 2.23. The van der Waals surface area contributed by atoms with Gasteiger partial charge in [0.25, 0.3) is 0 Å². The lowest BCUT2D eigenvalue weighted by Crippen LogP contribution is -1.92. The number of rotatable bonds is 2. The van der Waals surface area contributed by atoms with E-state index in [-0.39, 0.29) is 4.91 Å². The molecule has 0 aliphatic carbocycles. The third-order valence-corrected chi connectivity index (χ3v) is 3.09. The van der Waals surface area contributed by atoms with E-state index in [2.05, 4.69) is 17.6 Å². The molecule has 1 aromatic carbocycles. The van der Waals surface area contributed by atoms with Gasteiger partial charge in [0.05, 0.1) is 15.1 Å². The van der Waals surface area contributed by atoms with E-state index in [1.807, 2.05) is 24.3 Å². The van der Waals surface area contributed by atoms with Crippen molar-refractivity contribution in [2.24, 2.45) is 0 Å². The first-order chi connectivity index (χ1) is 7.16. The number of benzene rings is 1. The van der Waals surface area contributed by atoms with Crippen LogP contribution in [-0.4, -0.2) is 16.1 Å². The molecule has 0 bridgehead atoms. The summed E-state index contributed by atoms with van der Waals surface area (Å²) >= 11 is 5.29. The number of fused-ring (bicyclic) bond motifs is 1. The Bertz CT molecular complexity index is 512. The molecule has 0 aliphatic heterocycles. The molecule has 0 atom stereocenters. The number of aromatic nitrogens is 1. The van der Waals surface area contributed by atoms with Crippen LogP contribution in [0.25, 0.3) is 16.3 Å². The lowest BCUT2D eigenvalue weighted by Gasteiger charge is -1.87. The normalized spacial score (nSPS) is 11.9. The highest BCUT2D eigenvalue weighted by molar-refractivity contribution is 7.85. The zero-order valence-electron chi connectivity index (χ0n) is 7.54. The summed E-state index contributed by atoms with van der Waals surface area (Å²) in [5.74, 6) is -1.04. The van der Waals surface area contributed by atoms with Crippen LogP contribution in [0.3, 0.4) is 0 Å². The van der Waals surface area contributed by atoms with E-state index in [1.165, 1.54) is 17.4 Å². The standard InChI is InChI=1S/C10H7NO2S2/c12-10(13)7(14)5-9-11-6-3-1-2-4-8(6)15-9/h1-5,14H,(H,12,13). The lowest BCUT2D eigenvalue weighted by atomic mass is 10.3. The van der Waals surface area contributed by atoms with E-state index >= 15 is 0 Å². The molecule has 2 rings (SSSR count). The maximum absolute atomic E-state index is 10.6. The number of carbonyl (C=O) groups is 1. The SMILES string of the molecule is O=C(O)C(S)=Cc1nc2ccccc2s1. The molecule has 0 radical (unpaired) electrons. The van der Waals surface area contributed by atoms with Gasteiger partial charge in [-0.25, -0.2) is 9.78 Å². The summed E-state index contributed by atoms with van der Waals surface area (Å²) < 4.78 is 1.04. The fourth-order valence-corrected chi connectivity index (χ4v) is 2.25. The van der Waals surface area contributed by atoms with Crippen LogP contribution in [0.5, 0.6) is 0 Å². The first kappa shape index (κ1) is 10.2. The number of hydrogen-bond acceptors (Lipinski definition) is 4. The Morgan fingerprint density at radius 2 is 2.20 bits per heavy atom. The number of thiol groups is 1. The molecule has 2 aromatic rings. The van der Waals surface area contributed by atoms with Gasteiger partial charge >= 0.3 is 5.97 Å². The van der Waals surface area contributed by atoms with Gasteiger partial charge in [-0.15, -0.1) is 24.0 Å². The average molecular weight is 237 g/mol. The van der Waals surface area contributed by atoms with Crippen molar-refractivity contribution in [1.82, 2.24) is 4.98 Å². The summed E-state index contributed by atoms with van der Waals surface area (Å²) in [5, 5.41) is 9.31. The minimum Gasteiger partial charge on any atom is -0.477 e. The van der Waals surface area contributed by atoms with Crippen LogP contribution in [0.4, 0.5) is 0 Å². The van der Waals surface area contributed by atoms with E-state index in [0.29, 0.717) is 5.01 Å². The van der Waals surface area contributed by atoms with Crippen molar-refractivity contribution in [3.8, 4) is 0 Å². The Hall–Kier alpha value is -1.33. The molecule has 76 valence electrons. The Labute approximate surface area is 95.5 Å². The number of thiazole rings is 1. The lowest BCUT2D eigenvalue weighted by molar-refractivity contribution is -0.131. The number of aliphatic carboxylic acids is 1. The van der Waals surface area contributed by atoms with Crippen LogP contribution in [0.1, 0.15) is 5.01 Å². The van der Waals surface area contributed by atoms with Gasteiger partial charge in [0.1, 0.15) is 5.01 Å². The van der Waals surface area contributed by atoms with E-state index in [1.54, 1.807) is 0 Å². The molecule has 0 fully saturated rings. The third-order valence-electron chi connectivity index (χ3n) is 1.79. The smallest absolute Gasteiger partial charge is 0.342 e. The molecule has 1 heterocycles. The number of carboxylic acid groups (broad SMARTS) is 1. The number of hydrogen-bond donors (Lipinski definition) is 2. The molecule has 0 spiro atoms. The van der Waals surface area contributed by atoms with Crippen LogP contribution in [0.2, 0.25) is 0 Å². The van der Waals surface area contributed by atoms with Gasteiger partial charge in [-0.05, 0) is 18.2 Å². The van der Waals surface area contributed by atoms with Crippen molar-refractivity contribution in [1.29, 1.82) is 0 Å². The summed E-state index contributed by atoms with van der Waals surface area (Å²) in [4.78, 5) is 14.8. The van der Waals surface area contributed by atoms with Crippen molar-refractivity contribution in [2.45, 2.75) is 0 Å². The van der Waals surface area contributed by atoms with E-state index in [0.717, 1.165) is 10.2 Å². The van der Waals surface area contributed by atoms with Crippen LogP contribution in [0.15, 0.2) is 29.2 Å². The van der Waals surface area contributed by atoms with E-state index in [4.69, 9.17) is 5.11 Å². The van der Waals surface area contributed by atoms with Gasteiger partial charge in [-0.3, -0.25) is 0 Å². The zero-order valence-corrected chi connectivity index (χ0v) is 9.26. The molecule has 0 saturated heterocycles. The molecular weight excluding hydrogens is 230 g/mol. The second-order valence-corrected chi connectivity index (χ2v) is 4.40. The molecular formula is C10H7NO2S2. The Kier molecular flexibility index (Phi) is 2.75. The summed E-state index contributed by atoms with van der Waals surface area (Å²) in [6.45, 7) is 0. The molecule has 0 unspecified atom stereocenters. The monoisotopic (exact) mass is 237 g/mol. The van der Waals surface area contributed by atoms with Crippen molar-refractivity contribution in [3.05, 3.63) is 34.2 Å². The maximum Gasteiger partial charge on any atom is 0.342 e. The van der Waals surface area contributed by atoms with E-state index in [9.17, 15) is 4.79 Å². The number of carboxylic acids is 1. The third kappa shape index (κ3) is 2.19. The second kappa shape index (κ2) is 4.04. The largest absolute Gasteiger partial charge is 0.477 e. The quantitative estimate of drug-likeness (QED) is 0.623. The summed E-state index contributed by atoms with van der Waals surface area (Å²) in [6.07, 6.45) is 1.45. The molecule has 5 heteroatoms. The highest BCUT2D eigenvalue weighted by atomic mass is 32.1. The molecule has 1 N–H and O–H groups in total. The highest BCUT2D eigenvalue weighted by Gasteiger charge is 2.04. The van der Waals surface area contributed by atoms with Crippen LogP contribution >= 0.6 is 24.0 Å². The molecule has 0 saturated carbocycles. The Balaban J connectivity index is 2.46. The summed E-state index contributed by atoms with van der Waals surface area (Å²) in [5.41, 5.74) is 0.875. The van der Waals surface area contributed by atoms with Crippen LogP contribution in [0, 0.1) is 0 Å². The molecule has 1 aromatic heterocycles. The predicted octanol–water partition coefficient (Wildman–Crippen LogP) is 2.65. The molecule has 15 heavy (non-hydrogen) atoms. The molecule has 0 aliphatic rings. The topological polar surface area (TPSA) is 50.2 Å². The van der Waals surface area contributed by atoms with Gasteiger partial charge in [0, 0.05) is 0 Å². The van der Waals surface area contributed by atoms with Gasteiger partial charge < -0.3 is 5.11 Å². The predicted molar refractivity (Wildman–Crippen MR) is 64.2 cm³/mol. The first-order valence-corrected chi connectivity index (χ1v) is 5.43. The molecule has 0 amide bonds. The zero-order chi connectivity index (χ0) is 10.8. The van der Waals surface area contributed by atoms with Crippen molar-refractivity contribution in [3.63, 3.8) is 0 Å². The number of nitrogens with zero attached hydrogens (tertiary/aromatic N) is 1. The van der Waals surface area contributed by atoms with E-state index < -0.39 is 5.97 Å². The van der Waals surface area contributed by atoms with Crippen molar-refractivity contribution in [2.75, 3.05) is 0 Å². The number of para-hydroxylation sites is 1. The Morgan fingerprint density at radius 3 is 2.87 bits per heavy atom. The molecule has 3 nitrogen and oxygen atoms in total. The van der Waals surface area contributed by atoms with Crippen LogP contribution in [-0.2, 0) is 4.79 Å². The minimum absolute atomic E-state index is 0.00550. The summed E-state index contributed by atoms with van der Waals surface area (Å²) in [6, 6.07) is 7.66. The van der Waals surface area contributed by atoms with Gasteiger partial charge in [-0.1, -0.05) is 12.1 Å². The van der Waals surface area contributed by atoms with Crippen molar-refractivity contribution >= 4 is 46.2 Å². The van der Waals surface area contributed by atoms with Gasteiger partial charge in [-0.2, -0.15) is 0 Å². The Morgan fingerprint density at radius 1 is 1.47 bits per heavy atom. The summed E-state index contributed by atoms with van der Waals surface area (Å²) in [7, 11) is 0. The second-order valence-electron chi connectivity index (χ2n) is 2.85. The van der Waals surface area contributed by atoms with Gasteiger partial charge in [0.15, 0.2) is 0 Å². The first-order valence-electron chi connectivity index (χ1n) is 4.16. The maximum atomic E-state index is 10.6. The minimum atomic E-state index is -1.04. The average Bonchev–Trinajstić information content (AvgIpc) is 2.59. The van der Waals surface area contributed by atoms with Gasteiger partial charge in [0.2, 0.25) is 0 Å². The van der Waals surface area contributed by atoms with Crippen LogP contribution < -0.4 is 0 Å². The fraction of sp³-hybridized carbons (Fsp3) is 0. The fourth-order valence-electron chi connectivity index (χ4n) is 1.13. The van der Waals surface area contributed by atoms with Crippen molar-refractivity contribution < 1.29 is 9.90 Å².